The van der Waals surface area contributed by atoms with E-state index in [-0.39, 0.29) is 28.8 Å². The quantitative estimate of drug-likeness (QED) is 0.488. The Morgan fingerprint density at radius 1 is 1.10 bits per heavy atom. The number of carbonyl (C=O) groups is 2. The number of nitrogens with zero attached hydrogens (tertiary/aromatic N) is 1. The van der Waals surface area contributed by atoms with Gasteiger partial charge < -0.3 is 16.0 Å². The van der Waals surface area contributed by atoms with Crippen LogP contribution in [-0.4, -0.2) is 21.8 Å². The minimum absolute atomic E-state index is 0.0378. The van der Waals surface area contributed by atoms with Crippen LogP contribution in [-0.2, 0) is 9.59 Å². The van der Waals surface area contributed by atoms with Crippen LogP contribution < -0.4 is 21.5 Å². The Morgan fingerprint density at radius 3 is 2.60 bits per heavy atom. The van der Waals surface area contributed by atoms with Gasteiger partial charge in [0.15, 0.2) is 0 Å². The largest absolute Gasteiger partial charge is 0.326 e. The molecule has 30 heavy (non-hydrogen) atoms. The Labute approximate surface area is 180 Å². The van der Waals surface area contributed by atoms with Crippen LogP contribution in [0.25, 0.3) is 0 Å². The molecule has 1 aromatic heterocycles. The Hall–Kier alpha value is -3.36. The molecule has 0 bridgehead atoms. The smallest absolute Gasteiger partial charge is 0.258 e. The second-order valence-corrected chi connectivity index (χ2v) is 7.43. The van der Waals surface area contributed by atoms with Crippen LogP contribution in [0.4, 0.5) is 23.1 Å². The van der Waals surface area contributed by atoms with E-state index in [4.69, 9.17) is 23.2 Å². The number of rotatable bonds is 4. The summed E-state index contributed by atoms with van der Waals surface area (Å²) in [5.41, 5.74) is 0.580. The van der Waals surface area contributed by atoms with Crippen LogP contribution in [0.5, 0.6) is 0 Å². The van der Waals surface area contributed by atoms with Crippen molar-refractivity contribution in [3.05, 3.63) is 74.5 Å². The number of carbonyl (C=O) groups excluding carboxylic acids is 2. The molecule has 0 fully saturated rings. The van der Waals surface area contributed by atoms with Crippen molar-refractivity contribution in [1.29, 1.82) is 0 Å². The van der Waals surface area contributed by atoms with E-state index < -0.39 is 23.3 Å². The molecule has 4 rings (SSSR count). The van der Waals surface area contributed by atoms with Crippen LogP contribution in [0, 0.1) is 0 Å². The highest BCUT2D eigenvalue weighted by Crippen LogP contribution is 2.32. The normalized spacial score (nSPS) is 15.1. The van der Waals surface area contributed by atoms with Crippen LogP contribution >= 0.6 is 23.2 Å². The highest BCUT2D eigenvalue weighted by Gasteiger charge is 2.35. The highest BCUT2D eigenvalue weighted by molar-refractivity contribution is 6.36. The first kappa shape index (κ1) is 19.9. The van der Waals surface area contributed by atoms with Crippen molar-refractivity contribution in [3.8, 4) is 0 Å². The molecule has 10 heteroatoms. The van der Waals surface area contributed by atoms with Crippen LogP contribution in [0.3, 0.4) is 0 Å². The van der Waals surface area contributed by atoms with E-state index in [0.29, 0.717) is 16.4 Å². The van der Waals surface area contributed by atoms with Gasteiger partial charge in [0.2, 0.25) is 17.8 Å². The SMILES string of the molecule is O=C1C[C@H](C(=O)Nc2ccc(Cl)cc2Cl)c2c(nc(Nc3ccccc3)[nH]c2=O)N1. The van der Waals surface area contributed by atoms with Gasteiger partial charge in [-0.3, -0.25) is 19.4 Å². The number of halogens is 2. The molecule has 3 aromatic rings. The number of aromatic nitrogens is 2. The predicted octanol–water partition coefficient (Wildman–Crippen LogP) is 3.88. The molecule has 1 aliphatic heterocycles. The molecule has 0 aliphatic carbocycles. The summed E-state index contributed by atoms with van der Waals surface area (Å²) >= 11 is 12.0. The zero-order valence-electron chi connectivity index (χ0n) is 15.3. The molecule has 1 atom stereocenters. The fraction of sp³-hybridized carbons (Fsp3) is 0.100. The maximum absolute atomic E-state index is 12.9. The molecule has 0 saturated carbocycles. The van der Waals surface area contributed by atoms with Gasteiger partial charge in [-0.1, -0.05) is 41.4 Å². The third kappa shape index (κ3) is 4.14. The number of benzene rings is 2. The first-order valence-electron chi connectivity index (χ1n) is 8.93. The third-order valence-electron chi connectivity index (χ3n) is 4.49. The standard InChI is InChI=1S/C20H15Cl2N5O3/c21-10-6-7-14(13(22)8-10)24-18(29)12-9-15(28)25-17-16(12)19(30)27-20(26-17)23-11-4-2-1-3-5-11/h1-8,12H,9H2,(H,24,29)(H3,23,25,26,27,28,30)/t12-/m0/s1. The average Bonchev–Trinajstić information content (AvgIpc) is 2.70. The molecule has 1 aliphatic rings. The zero-order valence-corrected chi connectivity index (χ0v) is 16.8. The summed E-state index contributed by atoms with van der Waals surface area (Å²) in [6, 6.07) is 13.7. The number of anilines is 4. The lowest BCUT2D eigenvalue weighted by molar-refractivity contribution is -0.123. The summed E-state index contributed by atoms with van der Waals surface area (Å²) in [7, 11) is 0. The Kier molecular flexibility index (Phi) is 5.43. The molecule has 0 spiro atoms. The second-order valence-electron chi connectivity index (χ2n) is 6.59. The van der Waals surface area contributed by atoms with Crippen molar-refractivity contribution < 1.29 is 9.59 Å². The summed E-state index contributed by atoms with van der Waals surface area (Å²) in [5, 5.41) is 8.82. The Morgan fingerprint density at radius 2 is 1.87 bits per heavy atom. The summed E-state index contributed by atoms with van der Waals surface area (Å²) in [6.07, 6.45) is -0.194. The monoisotopic (exact) mass is 443 g/mol. The zero-order chi connectivity index (χ0) is 21.3. The number of amides is 2. The molecule has 0 saturated heterocycles. The number of H-pyrrole nitrogens is 1. The lowest BCUT2D eigenvalue weighted by Crippen LogP contribution is -2.36. The first-order chi connectivity index (χ1) is 14.4. The third-order valence-corrected chi connectivity index (χ3v) is 5.04. The lowest BCUT2D eigenvalue weighted by atomic mass is 9.92. The maximum atomic E-state index is 12.9. The molecule has 152 valence electrons. The fourth-order valence-corrected chi connectivity index (χ4v) is 3.58. The van der Waals surface area contributed by atoms with Crippen LogP contribution in [0.2, 0.25) is 10.0 Å². The molecule has 0 unspecified atom stereocenters. The molecular weight excluding hydrogens is 429 g/mol. The van der Waals surface area contributed by atoms with Gasteiger partial charge in [-0.25, -0.2) is 0 Å². The average molecular weight is 444 g/mol. The summed E-state index contributed by atoms with van der Waals surface area (Å²) in [4.78, 5) is 44.7. The molecule has 0 radical (unpaired) electrons. The van der Waals surface area contributed by atoms with E-state index in [0.717, 1.165) is 0 Å². The van der Waals surface area contributed by atoms with E-state index in [2.05, 4.69) is 25.9 Å². The number of fused-ring (bicyclic) bond motifs is 1. The maximum Gasteiger partial charge on any atom is 0.258 e. The molecule has 4 N–H and O–H groups in total. The number of nitrogens with one attached hydrogen (secondary N) is 4. The number of hydrogen-bond acceptors (Lipinski definition) is 5. The molecule has 2 aromatic carbocycles. The van der Waals surface area contributed by atoms with Gasteiger partial charge in [-0.15, -0.1) is 0 Å². The summed E-state index contributed by atoms with van der Waals surface area (Å²) in [6.45, 7) is 0. The van der Waals surface area contributed by atoms with E-state index in [1.54, 1.807) is 24.3 Å². The van der Waals surface area contributed by atoms with Crippen molar-refractivity contribution in [1.82, 2.24) is 9.97 Å². The van der Waals surface area contributed by atoms with Crippen molar-refractivity contribution in [2.24, 2.45) is 0 Å². The fourth-order valence-electron chi connectivity index (χ4n) is 3.12. The predicted molar refractivity (Wildman–Crippen MR) is 116 cm³/mol. The van der Waals surface area contributed by atoms with Gasteiger partial charge in [0.25, 0.3) is 5.56 Å². The molecule has 2 heterocycles. The topological polar surface area (TPSA) is 116 Å². The van der Waals surface area contributed by atoms with E-state index >= 15 is 0 Å². The number of para-hydroxylation sites is 1. The van der Waals surface area contributed by atoms with E-state index in [9.17, 15) is 14.4 Å². The molecule has 2 amide bonds. The van der Waals surface area contributed by atoms with Gasteiger partial charge in [0.05, 0.1) is 22.2 Å². The lowest BCUT2D eigenvalue weighted by Gasteiger charge is -2.24. The van der Waals surface area contributed by atoms with Gasteiger partial charge in [-0.05, 0) is 30.3 Å². The minimum atomic E-state index is -1.03. The second kappa shape index (κ2) is 8.17. The van der Waals surface area contributed by atoms with Crippen LogP contribution in [0.1, 0.15) is 17.9 Å². The molecular formula is C20H15Cl2N5O3. The van der Waals surface area contributed by atoms with Crippen molar-refractivity contribution in [2.45, 2.75) is 12.3 Å². The summed E-state index contributed by atoms with van der Waals surface area (Å²) < 4.78 is 0. The minimum Gasteiger partial charge on any atom is -0.326 e. The summed E-state index contributed by atoms with van der Waals surface area (Å²) in [5.74, 6) is -1.81. The Balaban J connectivity index is 1.65. The van der Waals surface area contributed by atoms with Gasteiger partial charge in [0, 0.05) is 17.1 Å². The molecule has 8 nitrogen and oxygen atoms in total. The Bertz CT molecular complexity index is 1200. The van der Waals surface area contributed by atoms with Gasteiger partial charge in [-0.2, -0.15) is 4.98 Å². The number of aromatic amines is 1. The van der Waals surface area contributed by atoms with Crippen LogP contribution in [0.15, 0.2) is 53.3 Å². The highest BCUT2D eigenvalue weighted by atomic mass is 35.5. The van der Waals surface area contributed by atoms with Gasteiger partial charge in [0.1, 0.15) is 5.82 Å². The van der Waals surface area contributed by atoms with Gasteiger partial charge >= 0.3 is 0 Å². The van der Waals surface area contributed by atoms with Crippen molar-refractivity contribution in [3.63, 3.8) is 0 Å². The number of hydrogen-bond donors (Lipinski definition) is 4. The first-order valence-corrected chi connectivity index (χ1v) is 9.68. The van der Waals surface area contributed by atoms with Crippen molar-refractivity contribution in [2.75, 3.05) is 16.0 Å². The van der Waals surface area contributed by atoms with Crippen molar-refractivity contribution >= 4 is 58.2 Å². The van der Waals surface area contributed by atoms with E-state index in [1.165, 1.54) is 6.07 Å². The van der Waals surface area contributed by atoms with E-state index in [1.807, 2.05) is 18.2 Å².